The molecule has 0 bridgehead atoms. The van der Waals surface area contributed by atoms with Crippen molar-refractivity contribution in [3.05, 3.63) is 52.4 Å². The fourth-order valence-electron chi connectivity index (χ4n) is 3.34. The highest BCUT2D eigenvalue weighted by molar-refractivity contribution is 5.77. The van der Waals surface area contributed by atoms with Crippen LogP contribution in [0.25, 0.3) is 11.0 Å². The molecule has 0 spiro atoms. The third-order valence-electron chi connectivity index (χ3n) is 4.72. The summed E-state index contributed by atoms with van der Waals surface area (Å²) in [4.78, 5) is 22.3. The van der Waals surface area contributed by atoms with E-state index >= 15 is 0 Å². The van der Waals surface area contributed by atoms with Crippen molar-refractivity contribution in [3.63, 3.8) is 0 Å². The van der Waals surface area contributed by atoms with Crippen molar-refractivity contribution in [1.29, 1.82) is 0 Å². The van der Waals surface area contributed by atoms with Gasteiger partial charge < -0.3 is 9.88 Å². The first-order chi connectivity index (χ1) is 11.7. The molecule has 1 aliphatic rings. The van der Waals surface area contributed by atoms with Crippen molar-refractivity contribution < 1.29 is 0 Å². The van der Waals surface area contributed by atoms with Gasteiger partial charge in [-0.05, 0) is 43.9 Å². The lowest BCUT2D eigenvalue weighted by atomic mass is 9.97. The van der Waals surface area contributed by atoms with E-state index in [1.54, 1.807) is 16.8 Å². The Balaban J connectivity index is 1.43. The Kier molecular flexibility index (Phi) is 3.80. The van der Waals surface area contributed by atoms with E-state index in [-0.39, 0.29) is 5.56 Å². The van der Waals surface area contributed by atoms with Crippen LogP contribution in [-0.4, -0.2) is 32.8 Å². The zero-order valence-electron chi connectivity index (χ0n) is 13.8. The summed E-state index contributed by atoms with van der Waals surface area (Å²) >= 11 is 0. The average molecular weight is 323 g/mol. The molecule has 3 aromatic rings. The van der Waals surface area contributed by atoms with E-state index in [0.29, 0.717) is 12.5 Å². The number of fused-ring (bicyclic) bond motifs is 1. The van der Waals surface area contributed by atoms with Crippen LogP contribution in [0.2, 0.25) is 0 Å². The molecule has 0 unspecified atom stereocenters. The molecule has 6 nitrogen and oxygen atoms in total. The second-order valence-electron chi connectivity index (χ2n) is 6.50. The van der Waals surface area contributed by atoms with E-state index in [2.05, 4.69) is 26.0 Å². The maximum Gasteiger partial charge on any atom is 0.266 e. The number of aromatic nitrogens is 4. The molecule has 6 heteroatoms. The maximum absolute atomic E-state index is 11.9. The van der Waals surface area contributed by atoms with Crippen molar-refractivity contribution in [2.24, 2.45) is 5.92 Å². The van der Waals surface area contributed by atoms with Crippen LogP contribution in [0.4, 0.5) is 5.95 Å². The molecule has 0 amide bonds. The van der Waals surface area contributed by atoms with E-state index in [0.717, 1.165) is 48.6 Å². The Hall–Kier alpha value is -2.63. The van der Waals surface area contributed by atoms with Crippen molar-refractivity contribution in [1.82, 2.24) is 19.7 Å². The molecule has 2 aromatic heterocycles. The number of aryl methyl sites for hydroxylation is 1. The van der Waals surface area contributed by atoms with Crippen LogP contribution in [-0.2, 0) is 6.54 Å². The van der Waals surface area contributed by atoms with Gasteiger partial charge in [0.25, 0.3) is 5.56 Å². The Bertz CT molecular complexity index is 872. The van der Waals surface area contributed by atoms with E-state index in [1.165, 1.54) is 0 Å². The van der Waals surface area contributed by atoms with Gasteiger partial charge in [-0.2, -0.15) is 5.10 Å². The molecule has 0 atom stereocenters. The van der Waals surface area contributed by atoms with E-state index in [4.69, 9.17) is 0 Å². The van der Waals surface area contributed by atoms with Gasteiger partial charge in [0.2, 0.25) is 5.95 Å². The first-order valence-electron chi connectivity index (χ1n) is 8.43. The molecule has 0 radical (unpaired) electrons. The molecule has 1 aliphatic heterocycles. The summed E-state index contributed by atoms with van der Waals surface area (Å²) in [6.07, 6.45) is 2.08. The quantitative estimate of drug-likeness (QED) is 0.803. The maximum atomic E-state index is 11.9. The number of imidazole rings is 1. The van der Waals surface area contributed by atoms with Crippen LogP contribution in [0.5, 0.6) is 0 Å². The highest BCUT2D eigenvalue weighted by Crippen LogP contribution is 2.24. The third-order valence-corrected chi connectivity index (χ3v) is 4.72. The molecule has 124 valence electrons. The van der Waals surface area contributed by atoms with Crippen LogP contribution in [0.3, 0.4) is 0 Å². The highest BCUT2D eigenvalue weighted by Gasteiger charge is 2.22. The number of para-hydroxylation sites is 2. The minimum atomic E-state index is -0.0136. The Morgan fingerprint density at radius 1 is 1.17 bits per heavy atom. The van der Waals surface area contributed by atoms with E-state index in [1.807, 2.05) is 25.1 Å². The fourth-order valence-corrected chi connectivity index (χ4v) is 3.34. The summed E-state index contributed by atoms with van der Waals surface area (Å²) in [7, 11) is 0. The van der Waals surface area contributed by atoms with Crippen LogP contribution in [0.15, 0.2) is 41.2 Å². The monoisotopic (exact) mass is 323 g/mol. The summed E-state index contributed by atoms with van der Waals surface area (Å²) in [5.74, 6) is 1.43. The molecule has 1 N–H and O–H groups in total. The molecular weight excluding hydrogens is 302 g/mol. The second-order valence-corrected chi connectivity index (χ2v) is 6.50. The van der Waals surface area contributed by atoms with Crippen molar-refractivity contribution in [2.75, 3.05) is 18.0 Å². The largest absolute Gasteiger partial charge is 0.342 e. The summed E-state index contributed by atoms with van der Waals surface area (Å²) in [6, 6.07) is 11.5. The predicted molar refractivity (Wildman–Crippen MR) is 94.3 cm³/mol. The van der Waals surface area contributed by atoms with Crippen LogP contribution >= 0.6 is 0 Å². The number of aromatic amines is 1. The molecule has 4 rings (SSSR count). The first-order valence-corrected chi connectivity index (χ1v) is 8.43. The van der Waals surface area contributed by atoms with Gasteiger partial charge in [0.15, 0.2) is 0 Å². The lowest BCUT2D eigenvalue weighted by Gasteiger charge is -2.31. The summed E-state index contributed by atoms with van der Waals surface area (Å²) in [5.41, 5.74) is 2.95. The minimum absolute atomic E-state index is 0.0136. The number of H-pyrrole nitrogens is 1. The zero-order chi connectivity index (χ0) is 16.5. The van der Waals surface area contributed by atoms with Crippen molar-refractivity contribution >= 4 is 17.0 Å². The number of piperidine rings is 1. The lowest BCUT2D eigenvalue weighted by molar-refractivity contribution is 0.333. The lowest BCUT2D eigenvalue weighted by Crippen LogP contribution is -2.37. The smallest absolute Gasteiger partial charge is 0.266 e. The molecule has 0 saturated carbocycles. The molecule has 24 heavy (non-hydrogen) atoms. The van der Waals surface area contributed by atoms with Gasteiger partial charge in [-0.15, -0.1) is 0 Å². The number of benzene rings is 1. The van der Waals surface area contributed by atoms with Gasteiger partial charge in [-0.25, -0.2) is 9.67 Å². The van der Waals surface area contributed by atoms with Gasteiger partial charge in [0.1, 0.15) is 0 Å². The van der Waals surface area contributed by atoms with E-state index in [9.17, 15) is 4.79 Å². The number of hydrogen-bond acceptors (Lipinski definition) is 4. The topological polar surface area (TPSA) is 66.8 Å². The Morgan fingerprint density at radius 2 is 1.96 bits per heavy atom. The van der Waals surface area contributed by atoms with Crippen LogP contribution in [0, 0.1) is 12.8 Å². The molecule has 1 fully saturated rings. The highest BCUT2D eigenvalue weighted by atomic mass is 16.1. The van der Waals surface area contributed by atoms with Gasteiger partial charge in [0, 0.05) is 25.7 Å². The summed E-state index contributed by atoms with van der Waals surface area (Å²) in [6.45, 7) is 4.52. The van der Waals surface area contributed by atoms with Gasteiger partial charge in [0.05, 0.1) is 16.7 Å². The summed E-state index contributed by atoms with van der Waals surface area (Å²) in [5, 5.41) is 4.34. The van der Waals surface area contributed by atoms with Crippen LogP contribution in [0.1, 0.15) is 18.5 Å². The molecule has 1 saturated heterocycles. The second kappa shape index (κ2) is 6.11. The first kappa shape index (κ1) is 14.9. The third kappa shape index (κ3) is 2.91. The Labute approximate surface area is 140 Å². The number of anilines is 1. The molecule has 1 aromatic carbocycles. The fraction of sp³-hybridized carbons (Fsp3) is 0.389. The van der Waals surface area contributed by atoms with E-state index < -0.39 is 0 Å². The normalized spacial score (nSPS) is 16.0. The standard InChI is InChI=1S/C18H21N5O/c1-13-6-7-17(24)23(21-13)12-14-8-10-22(11-9-14)18-19-15-4-2-3-5-16(15)20-18/h2-7,14H,8-12H2,1H3,(H,19,20). The molecule has 3 heterocycles. The summed E-state index contributed by atoms with van der Waals surface area (Å²) < 4.78 is 1.61. The molecular formula is C18H21N5O. The number of nitrogens with one attached hydrogen (secondary N) is 1. The van der Waals surface area contributed by atoms with Gasteiger partial charge >= 0.3 is 0 Å². The van der Waals surface area contributed by atoms with Crippen molar-refractivity contribution in [2.45, 2.75) is 26.3 Å². The zero-order valence-corrected chi connectivity index (χ0v) is 13.8. The predicted octanol–water partition coefficient (Wildman–Crippen LogP) is 2.34. The van der Waals surface area contributed by atoms with Gasteiger partial charge in [-0.3, -0.25) is 4.79 Å². The molecule has 0 aliphatic carbocycles. The number of hydrogen-bond donors (Lipinski definition) is 1. The Morgan fingerprint density at radius 3 is 2.75 bits per heavy atom. The van der Waals surface area contributed by atoms with Gasteiger partial charge in [-0.1, -0.05) is 12.1 Å². The average Bonchev–Trinajstić information content (AvgIpc) is 3.03. The number of rotatable bonds is 3. The SMILES string of the molecule is Cc1ccc(=O)n(CC2CCN(c3nc4ccccc4[nH]3)CC2)n1. The minimum Gasteiger partial charge on any atom is -0.342 e. The van der Waals surface area contributed by atoms with Crippen LogP contribution < -0.4 is 10.5 Å². The number of nitrogens with zero attached hydrogens (tertiary/aromatic N) is 4. The van der Waals surface area contributed by atoms with Crippen molar-refractivity contribution in [3.8, 4) is 0 Å².